The van der Waals surface area contributed by atoms with Gasteiger partial charge in [-0.15, -0.1) is 0 Å². The number of nitrogens with one attached hydrogen (secondary N) is 1. The molecular formula is C14H20N2O2. The molecule has 1 amide bonds. The topological polar surface area (TPSA) is 52.6 Å². The highest BCUT2D eigenvalue weighted by molar-refractivity contribution is 5.95. The lowest BCUT2D eigenvalue weighted by Crippen LogP contribution is -2.41. The van der Waals surface area contributed by atoms with Gasteiger partial charge in [-0.05, 0) is 45.0 Å². The average Bonchev–Trinajstić information content (AvgIpc) is 2.40. The van der Waals surface area contributed by atoms with E-state index >= 15 is 0 Å². The maximum Gasteiger partial charge on any atom is 0.230 e. The predicted molar refractivity (Wildman–Crippen MR) is 71.7 cm³/mol. The van der Waals surface area contributed by atoms with Gasteiger partial charge < -0.3 is 15.3 Å². The zero-order valence-corrected chi connectivity index (χ0v) is 10.7. The second-order valence-corrected chi connectivity index (χ2v) is 4.63. The Kier molecular flexibility index (Phi) is 4.20. The lowest BCUT2D eigenvalue weighted by atomic mass is 9.96. The molecule has 98 valence electrons. The Morgan fingerprint density at radius 3 is 2.78 bits per heavy atom. The Morgan fingerprint density at radius 1 is 1.44 bits per heavy atom. The van der Waals surface area contributed by atoms with Gasteiger partial charge in [-0.1, -0.05) is 6.07 Å². The van der Waals surface area contributed by atoms with Crippen molar-refractivity contribution in [3.05, 3.63) is 24.3 Å². The molecule has 0 unspecified atom stereocenters. The minimum atomic E-state index is 0.105. The van der Waals surface area contributed by atoms with Crippen LogP contribution in [0.15, 0.2) is 24.3 Å². The van der Waals surface area contributed by atoms with E-state index in [1.807, 2.05) is 13.0 Å². The fourth-order valence-corrected chi connectivity index (χ4v) is 2.42. The van der Waals surface area contributed by atoms with Crippen LogP contribution in [-0.4, -0.2) is 30.6 Å². The van der Waals surface area contributed by atoms with Gasteiger partial charge in [0.05, 0.1) is 0 Å². The van der Waals surface area contributed by atoms with Gasteiger partial charge in [0.2, 0.25) is 5.91 Å². The van der Waals surface area contributed by atoms with E-state index < -0.39 is 0 Å². The van der Waals surface area contributed by atoms with Crippen LogP contribution in [0.1, 0.15) is 19.8 Å². The van der Waals surface area contributed by atoms with Crippen molar-refractivity contribution in [3.63, 3.8) is 0 Å². The van der Waals surface area contributed by atoms with E-state index in [0.29, 0.717) is 6.54 Å². The number of piperidine rings is 1. The number of benzene rings is 1. The fraction of sp³-hybridized carbons (Fsp3) is 0.500. The molecule has 0 aromatic heterocycles. The molecule has 1 saturated heterocycles. The van der Waals surface area contributed by atoms with Gasteiger partial charge in [-0.3, -0.25) is 4.79 Å². The number of nitrogens with zero attached hydrogens (tertiary/aromatic N) is 1. The maximum absolute atomic E-state index is 12.5. The van der Waals surface area contributed by atoms with Crippen molar-refractivity contribution >= 4 is 11.6 Å². The van der Waals surface area contributed by atoms with Crippen LogP contribution in [0.2, 0.25) is 0 Å². The Morgan fingerprint density at radius 2 is 2.17 bits per heavy atom. The van der Waals surface area contributed by atoms with Gasteiger partial charge in [0.1, 0.15) is 5.75 Å². The molecule has 4 nitrogen and oxygen atoms in total. The molecule has 1 fully saturated rings. The molecule has 1 heterocycles. The van der Waals surface area contributed by atoms with Gasteiger partial charge >= 0.3 is 0 Å². The zero-order chi connectivity index (χ0) is 13.0. The van der Waals surface area contributed by atoms with Crippen molar-refractivity contribution in [2.45, 2.75) is 19.8 Å². The lowest BCUT2D eigenvalue weighted by molar-refractivity contribution is -0.123. The SMILES string of the molecule is CCN(C(=O)C1CCNCC1)c1cccc(O)c1. The number of phenols is 1. The summed E-state index contributed by atoms with van der Waals surface area (Å²) in [5.41, 5.74) is 0.779. The number of anilines is 1. The molecule has 1 aliphatic rings. The number of rotatable bonds is 3. The third-order valence-corrected chi connectivity index (χ3v) is 3.41. The average molecular weight is 248 g/mol. The molecule has 18 heavy (non-hydrogen) atoms. The molecule has 0 atom stereocenters. The highest BCUT2D eigenvalue weighted by Crippen LogP contribution is 2.24. The summed E-state index contributed by atoms with van der Waals surface area (Å²) >= 11 is 0. The van der Waals surface area contributed by atoms with Gasteiger partial charge in [0, 0.05) is 24.2 Å². The summed E-state index contributed by atoms with van der Waals surface area (Å²) in [6.07, 6.45) is 1.79. The molecule has 1 aromatic carbocycles. The molecule has 0 spiro atoms. The summed E-state index contributed by atoms with van der Waals surface area (Å²) in [5.74, 6) is 0.474. The van der Waals surface area contributed by atoms with Crippen molar-refractivity contribution in [2.75, 3.05) is 24.5 Å². The van der Waals surface area contributed by atoms with Crippen molar-refractivity contribution in [3.8, 4) is 5.75 Å². The van der Waals surface area contributed by atoms with Crippen LogP contribution < -0.4 is 10.2 Å². The minimum Gasteiger partial charge on any atom is -0.508 e. The smallest absolute Gasteiger partial charge is 0.230 e. The van der Waals surface area contributed by atoms with E-state index in [2.05, 4.69) is 5.32 Å². The van der Waals surface area contributed by atoms with Crippen molar-refractivity contribution in [2.24, 2.45) is 5.92 Å². The van der Waals surface area contributed by atoms with Crippen LogP contribution in [0.4, 0.5) is 5.69 Å². The standard InChI is InChI=1S/C14H20N2O2/c1-2-16(12-4-3-5-13(17)10-12)14(18)11-6-8-15-9-7-11/h3-5,10-11,15,17H,2,6-9H2,1H3. The summed E-state index contributed by atoms with van der Waals surface area (Å²) < 4.78 is 0. The number of carbonyl (C=O) groups is 1. The molecule has 2 rings (SSSR count). The third-order valence-electron chi connectivity index (χ3n) is 3.41. The highest BCUT2D eigenvalue weighted by Gasteiger charge is 2.25. The first kappa shape index (κ1) is 12.9. The summed E-state index contributed by atoms with van der Waals surface area (Å²) in [6, 6.07) is 6.89. The number of amides is 1. The van der Waals surface area contributed by atoms with E-state index in [9.17, 15) is 9.90 Å². The molecule has 1 aromatic rings. The number of hydrogen-bond acceptors (Lipinski definition) is 3. The van der Waals surface area contributed by atoms with Crippen LogP contribution in [0.5, 0.6) is 5.75 Å². The van der Waals surface area contributed by atoms with Crippen LogP contribution in [0.3, 0.4) is 0 Å². The first-order valence-electron chi connectivity index (χ1n) is 6.53. The van der Waals surface area contributed by atoms with Crippen molar-refractivity contribution in [1.82, 2.24) is 5.32 Å². The Bertz CT molecular complexity index is 414. The molecule has 0 saturated carbocycles. The van der Waals surface area contributed by atoms with Crippen LogP contribution in [0, 0.1) is 5.92 Å². The molecule has 0 bridgehead atoms. The largest absolute Gasteiger partial charge is 0.508 e. The first-order chi connectivity index (χ1) is 8.72. The van der Waals surface area contributed by atoms with E-state index in [-0.39, 0.29) is 17.6 Å². The predicted octanol–water partition coefficient (Wildman–Crippen LogP) is 1.74. The fourth-order valence-electron chi connectivity index (χ4n) is 2.42. The Balaban J connectivity index is 2.14. The maximum atomic E-state index is 12.5. The van der Waals surface area contributed by atoms with Crippen LogP contribution in [-0.2, 0) is 4.79 Å². The Labute approximate surface area is 108 Å². The third kappa shape index (κ3) is 2.82. The van der Waals surface area contributed by atoms with Gasteiger partial charge in [0.15, 0.2) is 0 Å². The molecule has 1 aliphatic heterocycles. The monoisotopic (exact) mass is 248 g/mol. The van der Waals surface area contributed by atoms with Crippen LogP contribution in [0.25, 0.3) is 0 Å². The van der Waals surface area contributed by atoms with Gasteiger partial charge in [-0.2, -0.15) is 0 Å². The van der Waals surface area contributed by atoms with Crippen molar-refractivity contribution in [1.29, 1.82) is 0 Å². The van der Waals surface area contributed by atoms with E-state index in [1.54, 1.807) is 23.1 Å². The second kappa shape index (κ2) is 5.87. The molecular weight excluding hydrogens is 228 g/mol. The normalized spacial score (nSPS) is 16.5. The minimum absolute atomic E-state index is 0.105. The lowest BCUT2D eigenvalue weighted by Gasteiger charge is -2.29. The van der Waals surface area contributed by atoms with Crippen molar-refractivity contribution < 1.29 is 9.90 Å². The van der Waals surface area contributed by atoms with Gasteiger partial charge in [0.25, 0.3) is 0 Å². The Hall–Kier alpha value is -1.55. The second-order valence-electron chi connectivity index (χ2n) is 4.63. The summed E-state index contributed by atoms with van der Waals surface area (Å²) in [6.45, 7) is 4.41. The zero-order valence-electron chi connectivity index (χ0n) is 10.7. The molecule has 4 heteroatoms. The number of hydrogen-bond donors (Lipinski definition) is 2. The summed E-state index contributed by atoms with van der Waals surface area (Å²) in [4.78, 5) is 14.2. The van der Waals surface area contributed by atoms with E-state index in [1.165, 1.54) is 0 Å². The molecule has 0 aliphatic carbocycles. The quantitative estimate of drug-likeness (QED) is 0.856. The van der Waals surface area contributed by atoms with E-state index in [0.717, 1.165) is 31.6 Å². The summed E-state index contributed by atoms with van der Waals surface area (Å²) in [5, 5.41) is 12.8. The highest BCUT2D eigenvalue weighted by atomic mass is 16.3. The number of aromatic hydroxyl groups is 1. The summed E-state index contributed by atoms with van der Waals surface area (Å²) in [7, 11) is 0. The number of carbonyl (C=O) groups excluding carboxylic acids is 1. The molecule has 2 N–H and O–H groups in total. The number of phenolic OH excluding ortho intramolecular Hbond substituents is 1. The van der Waals surface area contributed by atoms with Gasteiger partial charge in [-0.25, -0.2) is 0 Å². The first-order valence-corrected chi connectivity index (χ1v) is 6.53. The molecule has 0 radical (unpaired) electrons. The van der Waals surface area contributed by atoms with E-state index in [4.69, 9.17) is 0 Å². The van der Waals surface area contributed by atoms with Crippen LogP contribution >= 0.6 is 0 Å².